The fraction of sp³-hybridized carbons (Fsp3) is 0.483. The van der Waals surface area contributed by atoms with Crippen molar-refractivity contribution in [2.24, 2.45) is 11.0 Å². The zero-order valence-electron chi connectivity index (χ0n) is 22.5. The lowest BCUT2D eigenvalue weighted by Gasteiger charge is -2.33. The molecule has 8 nitrogen and oxygen atoms in total. The van der Waals surface area contributed by atoms with Crippen LogP contribution in [0.4, 0.5) is 0 Å². The number of fused-ring (bicyclic) bond motifs is 1. The smallest absolute Gasteiger partial charge is 0.155 e. The van der Waals surface area contributed by atoms with Gasteiger partial charge in [-0.05, 0) is 67.1 Å². The average molecular weight is 539 g/mol. The molecule has 2 aromatic rings. The molecule has 0 amide bonds. The van der Waals surface area contributed by atoms with Crippen LogP contribution in [-0.2, 0) is 9.84 Å². The lowest BCUT2D eigenvalue weighted by Crippen LogP contribution is -2.45. The zero-order chi connectivity index (χ0) is 26.7. The van der Waals surface area contributed by atoms with E-state index in [2.05, 4.69) is 21.9 Å². The maximum Gasteiger partial charge on any atom is 0.155 e. The van der Waals surface area contributed by atoms with E-state index in [1.165, 1.54) is 0 Å². The van der Waals surface area contributed by atoms with Crippen LogP contribution in [0.15, 0.2) is 59.2 Å². The molecular formula is C29H38N4O4S. The molecule has 2 saturated heterocycles. The Balaban J connectivity index is 1.43. The third-order valence-electron chi connectivity index (χ3n) is 7.80. The maximum absolute atomic E-state index is 13.2. The second kappa shape index (κ2) is 11.5. The van der Waals surface area contributed by atoms with Crippen LogP contribution in [0.3, 0.4) is 0 Å². The molecule has 9 heteroatoms. The van der Waals surface area contributed by atoms with Gasteiger partial charge in [-0.25, -0.2) is 8.42 Å². The van der Waals surface area contributed by atoms with Gasteiger partial charge >= 0.3 is 0 Å². The van der Waals surface area contributed by atoms with Crippen molar-refractivity contribution < 1.29 is 17.9 Å². The molecule has 5 rings (SSSR count). The molecule has 0 aliphatic carbocycles. The molecule has 2 aromatic carbocycles. The fourth-order valence-corrected chi connectivity index (χ4v) is 7.40. The van der Waals surface area contributed by atoms with E-state index in [-0.39, 0.29) is 23.5 Å². The van der Waals surface area contributed by atoms with Gasteiger partial charge in [0, 0.05) is 38.6 Å². The van der Waals surface area contributed by atoms with Gasteiger partial charge in [0.25, 0.3) is 0 Å². The highest BCUT2D eigenvalue weighted by Gasteiger charge is 2.45. The highest BCUT2D eigenvalue weighted by atomic mass is 32.2. The fourth-order valence-electron chi connectivity index (χ4n) is 5.69. The lowest BCUT2D eigenvalue weighted by atomic mass is 9.87. The molecule has 3 heterocycles. The van der Waals surface area contributed by atoms with E-state index in [4.69, 9.17) is 14.6 Å². The monoisotopic (exact) mass is 538 g/mol. The number of hydrazone groups is 1. The Hall–Kier alpha value is -2.88. The Morgan fingerprint density at radius 3 is 2.18 bits per heavy atom. The Morgan fingerprint density at radius 2 is 1.55 bits per heavy atom. The van der Waals surface area contributed by atoms with E-state index < -0.39 is 9.84 Å². The predicted molar refractivity (Wildman–Crippen MR) is 152 cm³/mol. The summed E-state index contributed by atoms with van der Waals surface area (Å²) in [5.41, 5.74) is 3.69. The van der Waals surface area contributed by atoms with Gasteiger partial charge < -0.3 is 19.3 Å². The summed E-state index contributed by atoms with van der Waals surface area (Å²) >= 11 is 0. The van der Waals surface area contributed by atoms with Crippen molar-refractivity contribution in [2.45, 2.75) is 12.5 Å². The van der Waals surface area contributed by atoms with Gasteiger partial charge in [0.2, 0.25) is 0 Å². The van der Waals surface area contributed by atoms with Crippen molar-refractivity contribution in [3.8, 4) is 11.5 Å². The Bertz CT molecular complexity index is 1270. The minimum atomic E-state index is -3.28. The number of likely N-dealkylation sites (N-methyl/N-ethyl adjacent to an activating group) is 1. The quantitative estimate of drug-likeness (QED) is 0.511. The van der Waals surface area contributed by atoms with E-state index in [1.807, 2.05) is 54.6 Å². The first-order chi connectivity index (χ1) is 18.3. The molecule has 0 aromatic heterocycles. The molecular weight excluding hydrogens is 500 g/mol. The van der Waals surface area contributed by atoms with Crippen molar-refractivity contribution in [3.63, 3.8) is 0 Å². The van der Waals surface area contributed by atoms with E-state index in [0.29, 0.717) is 0 Å². The molecule has 2 atom stereocenters. The number of rotatable bonds is 8. The van der Waals surface area contributed by atoms with Crippen LogP contribution in [-0.4, -0.2) is 101 Å². The first-order valence-corrected chi connectivity index (χ1v) is 15.1. The highest BCUT2D eigenvalue weighted by molar-refractivity contribution is 7.91. The van der Waals surface area contributed by atoms with Crippen LogP contribution in [0.5, 0.6) is 11.5 Å². The van der Waals surface area contributed by atoms with E-state index in [9.17, 15) is 8.42 Å². The predicted octanol–water partition coefficient (Wildman–Crippen LogP) is 3.18. The minimum absolute atomic E-state index is 0.0127. The average Bonchev–Trinajstić information content (AvgIpc) is 3.27. The third-order valence-corrected chi connectivity index (χ3v) is 9.42. The number of nitrogens with zero attached hydrogens (tertiary/aromatic N) is 4. The van der Waals surface area contributed by atoms with Gasteiger partial charge in [-0.2, -0.15) is 5.10 Å². The van der Waals surface area contributed by atoms with E-state index in [0.717, 1.165) is 79.6 Å². The van der Waals surface area contributed by atoms with Crippen LogP contribution >= 0.6 is 0 Å². The van der Waals surface area contributed by atoms with Crippen molar-refractivity contribution >= 4 is 21.6 Å². The normalized spacial score (nSPS) is 24.8. The molecule has 38 heavy (non-hydrogen) atoms. The van der Waals surface area contributed by atoms with Crippen LogP contribution in [0.25, 0.3) is 6.08 Å². The number of hydrogen-bond acceptors (Lipinski definition) is 8. The lowest BCUT2D eigenvalue weighted by molar-refractivity contribution is 0.139. The summed E-state index contributed by atoms with van der Waals surface area (Å²) in [4.78, 5) is 4.88. The Kier molecular flexibility index (Phi) is 8.07. The molecule has 0 N–H and O–H groups in total. The summed E-state index contributed by atoms with van der Waals surface area (Å²) in [7, 11) is 2.18. The van der Waals surface area contributed by atoms with Crippen molar-refractivity contribution in [1.82, 2.24) is 14.8 Å². The Morgan fingerprint density at radius 1 is 0.921 bits per heavy atom. The third kappa shape index (κ3) is 6.06. The topological polar surface area (TPSA) is 74.7 Å². The van der Waals surface area contributed by atoms with Crippen LogP contribution < -0.4 is 9.47 Å². The number of ether oxygens (including phenoxy) is 2. The number of piperazine rings is 1. The summed E-state index contributed by atoms with van der Waals surface area (Å²) < 4.78 is 37.0. The summed E-state index contributed by atoms with van der Waals surface area (Å²) in [6.07, 6.45) is 2.95. The standard InChI is InChI=1S/C29H38N4O4S/c1-31-15-17-32(18-16-31)13-4-14-33-29(23-7-11-26(37-3)12-8-23)27-21-38(34,35)20-24(28(27)30-33)19-22-5-9-25(36-2)10-6-22/h5-12,19,27,29H,4,13-18,20-21H2,1-3H3/b24-19+. The van der Waals surface area contributed by atoms with Crippen LogP contribution in [0, 0.1) is 5.92 Å². The summed E-state index contributed by atoms with van der Waals surface area (Å²) in [6, 6.07) is 15.5. The van der Waals surface area contributed by atoms with Gasteiger partial charge in [-0.3, -0.25) is 5.01 Å². The van der Waals surface area contributed by atoms with Gasteiger partial charge in [0.15, 0.2) is 9.84 Å². The molecule has 0 bridgehead atoms. The van der Waals surface area contributed by atoms with E-state index in [1.54, 1.807) is 14.2 Å². The number of sulfone groups is 1. The number of methoxy groups -OCH3 is 2. The maximum atomic E-state index is 13.2. The highest BCUT2D eigenvalue weighted by Crippen LogP contribution is 2.42. The molecule has 2 fully saturated rings. The molecule has 2 unspecified atom stereocenters. The van der Waals surface area contributed by atoms with Crippen LogP contribution in [0.2, 0.25) is 0 Å². The SMILES string of the molecule is COc1ccc(/C=C2\CS(=O)(=O)CC3C2=NN(CCCN2CCN(C)CC2)C3c2ccc(OC)cc2)cc1. The molecule has 3 aliphatic rings. The van der Waals surface area contributed by atoms with Crippen molar-refractivity contribution in [1.29, 1.82) is 0 Å². The largest absolute Gasteiger partial charge is 0.497 e. The molecule has 0 saturated carbocycles. The second-order valence-electron chi connectivity index (χ2n) is 10.5. The zero-order valence-corrected chi connectivity index (χ0v) is 23.4. The first kappa shape index (κ1) is 26.7. The van der Waals surface area contributed by atoms with Crippen molar-refractivity contribution in [3.05, 3.63) is 65.2 Å². The number of hydrogen-bond donors (Lipinski definition) is 0. The summed E-state index contributed by atoms with van der Waals surface area (Å²) in [5.74, 6) is 1.46. The van der Waals surface area contributed by atoms with Crippen LogP contribution in [0.1, 0.15) is 23.6 Å². The van der Waals surface area contributed by atoms with Gasteiger partial charge in [-0.1, -0.05) is 24.3 Å². The number of benzene rings is 2. The summed E-state index contributed by atoms with van der Waals surface area (Å²) in [6.45, 7) is 6.16. The van der Waals surface area contributed by atoms with Gasteiger partial charge in [0.1, 0.15) is 11.5 Å². The molecule has 0 radical (unpaired) electrons. The second-order valence-corrected chi connectivity index (χ2v) is 12.6. The molecule has 3 aliphatic heterocycles. The van der Waals surface area contributed by atoms with Gasteiger partial charge in [-0.15, -0.1) is 0 Å². The molecule has 0 spiro atoms. The molecule has 204 valence electrons. The van der Waals surface area contributed by atoms with E-state index >= 15 is 0 Å². The van der Waals surface area contributed by atoms with Gasteiger partial charge in [0.05, 0.1) is 37.5 Å². The minimum Gasteiger partial charge on any atom is -0.497 e. The van der Waals surface area contributed by atoms with Crippen molar-refractivity contribution in [2.75, 3.05) is 72.0 Å². The Labute approximate surface area is 226 Å². The first-order valence-electron chi connectivity index (χ1n) is 13.3. The summed E-state index contributed by atoms with van der Waals surface area (Å²) in [5, 5.41) is 7.26.